The molecule has 1 aliphatic rings. The molecule has 4 heteroatoms. The molecule has 0 bridgehead atoms. The molecule has 0 radical (unpaired) electrons. The lowest BCUT2D eigenvalue weighted by molar-refractivity contribution is 0.289. The maximum absolute atomic E-state index is 6.25. The van der Waals surface area contributed by atoms with E-state index >= 15 is 0 Å². The van der Waals surface area contributed by atoms with Crippen molar-refractivity contribution < 1.29 is 0 Å². The molecule has 2 rings (SSSR count). The molecule has 1 fully saturated rings. The van der Waals surface area contributed by atoms with Crippen LogP contribution in [0.3, 0.4) is 0 Å². The zero-order valence-electron chi connectivity index (χ0n) is 9.94. The van der Waals surface area contributed by atoms with Gasteiger partial charge in [-0.15, -0.1) is 0 Å². The van der Waals surface area contributed by atoms with E-state index in [1.807, 2.05) is 6.07 Å². The number of rotatable bonds is 4. The predicted molar refractivity (Wildman–Crippen MR) is 79.5 cm³/mol. The molecule has 1 aliphatic heterocycles. The summed E-state index contributed by atoms with van der Waals surface area (Å²) in [5, 5.41) is 0. The number of hydrogen-bond donors (Lipinski definition) is 1. The fraction of sp³-hybridized carbons (Fsp3) is 0.538. The van der Waals surface area contributed by atoms with Crippen molar-refractivity contribution in [3.05, 3.63) is 34.3 Å². The van der Waals surface area contributed by atoms with Crippen molar-refractivity contribution in [1.29, 1.82) is 0 Å². The molecule has 0 spiro atoms. The minimum absolute atomic E-state index is 0.139. The van der Waals surface area contributed by atoms with Crippen molar-refractivity contribution in [1.82, 2.24) is 4.90 Å². The Bertz CT molecular complexity index is 353. The Morgan fingerprint density at radius 2 is 2.00 bits per heavy atom. The SMILES string of the molecule is NC(CCN1CCSCC1)c1ccccc1Br. The van der Waals surface area contributed by atoms with Crippen LogP contribution in [0, 0.1) is 0 Å². The van der Waals surface area contributed by atoms with Crippen LogP contribution in [0.5, 0.6) is 0 Å². The maximum Gasteiger partial charge on any atom is 0.0318 e. The summed E-state index contributed by atoms with van der Waals surface area (Å²) in [6, 6.07) is 8.40. The van der Waals surface area contributed by atoms with Gasteiger partial charge in [0.15, 0.2) is 0 Å². The molecule has 0 saturated carbocycles. The largest absolute Gasteiger partial charge is 0.324 e. The average Bonchev–Trinajstić information content (AvgIpc) is 2.38. The standard InChI is InChI=1S/C13H19BrN2S/c14-12-4-2-1-3-11(12)13(15)5-6-16-7-9-17-10-8-16/h1-4,13H,5-10,15H2. The number of nitrogens with zero attached hydrogens (tertiary/aromatic N) is 1. The molecule has 1 heterocycles. The first-order chi connectivity index (χ1) is 8.27. The van der Waals surface area contributed by atoms with Gasteiger partial charge in [-0.1, -0.05) is 34.1 Å². The van der Waals surface area contributed by atoms with Crippen LogP contribution in [-0.4, -0.2) is 36.0 Å². The number of hydrogen-bond acceptors (Lipinski definition) is 3. The van der Waals surface area contributed by atoms with Crippen molar-refractivity contribution in [3.63, 3.8) is 0 Å². The number of benzene rings is 1. The summed E-state index contributed by atoms with van der Waals surface area (Å²) in [5.41, 5.74) is 7.47. The number of halogens is 1. The number of thioether (sulfide) groups is 1. The van der Waals surface area contributed by atoms with Gasteiger partial charge in [0.05, 0.1) is 0 Å². The quantitative estimate of drug-likeness (QED) is 0.926. The molecule has 2 N–H and O–H groups in total. The normalized spacial score (nSPS) is 19.2. The number of nitrogens with two attached hydrogens (primary N) is 1. The zero-order chi connectivity index (χ0) is 12.1. The second kappa shape index (κ2) is 6.78. The Labute approximate surface area is 116 Å². The van der Waals surface area contributed by atoms with E-state index in [2.05, 4.69) is 50.8 Å². The van der Waals surface area contributed by atoms with E-state index in [0.29, 0.717) is 0 Å². The first kappa shape index (κ1) is 13.4. The first-order valence-corrected chi connectivity index (χ1v) is 8.02. The van der Waals surface area contributed by atoms with Gasteiger partial charge in [-0.3, -0.25) is 0 Å². The van der Waals surface area contributed by atoms with Gasteiger partial charge in [-0.25, -0.2) is 0 Å². The third-order valence-corrected chi connectivity index (χ3v) is 4.83. The fourth-order valence-electron chi connectivity index (χ4n) is 2.08. The summed E-state index contributed by atoms with van der Waals surface area (Å²) in [6.45, 7) is 3.55. The Balaban J connectivity index is 1.84. The molecule has 1 saturated heterocycles. The fourth-order valence-corrected chi connectivity index (χ4v) is 3.64. The van der Waals surface area contributed by atoms with Crippen LogP contribution in [0.2, 0.25) is 0 Å². The molecule has 94 valence electrons. The van der Waals surface area contributed by atoms with E-state index in [1.54, 1.807) is 0 Å². The summed E-state index contributed by atoms with van der Waals surface area (Å²) in [6.07, 6.45) is 1.03. The summed E-state index contributed by atoms with van der Waals surface area (Å²) in [7, 11) is 0. The lowest BCUT2D eigenvalue weighted by Gasteiger charge is -2.27. The second-order valence-corrected chi connectivity index (χ2v) is 6.45. The predicted octanol–water partition coefficient (Wildman–Crippen LogP) is 2.89. The van der Waals surface area contributed by atoms with E-state index in [4.69, 9.17) is 5.73 Å². The van der Waals surface area contributed by atoms with Crippen LogP contribution in [0.25, 0.3) is 0 Å². The van der Waals surface area contributed by atoms with Gasteiger partial charge in [-0.05, 0) is 18.1 Å². The topological polar surface area (TPSA) is 29.3 Å². The first-order valence-electron chi connectivity index (χ1n) is 6.07. The molecule has 0 aliphatic carbocycles. The van der Waals surface area contributed by atoms with Gasteiger partial charge >= 0.3 is 0 Å². The molecular weight excluding hydrogens is 296 g/mol. The van der Waals surface area contributed by atoms with Crippen LogP contribution >= 0.6 is 27.7 Å². The zero-order valence-corrected chi connectivity index (χ0v) is 12.3. The Morgan fingerprint density at radius 3 is 2.71 bits per heavy atom. The van der Waals surface area contributed by atoms with Crippen LogP contribution in [0.4, 0.5) is 0 Å². The molecule has 1 aromatic rings. The van der Waals surface area contributed by atoms with Gasteiger partial charge in [0.25, 0.3) is 0 Å². The highest BCUT2D eigenvalue weighted by Crippen LogP contribution is 2.24. The Hall–Kier alpha value is -0.0300. The molecule has 1 atom stereocenters. The van der Waals surface area contributed by atoms with Crippen molar-refractivity contribution in [3.8, 4) is 0 Å². The van der Waals surface area contributed by atoms with Crippen LogP contribution in [0.1, 0.15) is 18.0 Å². The average molecular weight is 315 g/mol. The van der Waals surface area contributed by atoms with Gasteiger partial charge in [0.2, 0.25) is 0 Å². The van der Waals surface area contributed by atoms with Crippen LogP contribution in [-0.2, 0) is 0 Å². The van der Waals surface area contributed by atoms with Crippen molar-refractivity contribution in [2.24, 2.45) is 5.73 Å². The molecule has 0 aromatic heterocycles. The van der Waals surface area contributed by atoms with Crippen molar-refractivity contribution in [2.45, 2.75) is 12.5 Å². The minimum Gasteiger partial charge on any atom is -0.324 e. The van der Waals surface area contributed by atoms with Crippen LogP contribution in [0.15, 0.2) is 28.7 Å². The van der Waals surface area contributed by atoms with Gasteiger partial charge in [0, 0.05) is 41.7 Å². The van der Waals surface area contributed by atoms with Gasteiger partial charge in [-0.2, -0.15) is 11.8 Å². The van der Waals surface area contributed by atoms with E-state index in [-0.39, 0.29) is 6.04 Å². The lowest BCUT2D eigenvalue weighted by atomic mass is 10.0. The lowest BCUT2D eigenvalue weighted by Crippen LogP contribution is -2.34. The molecular formula is C13H19BrN2S. The van der Waals surface area contributed by atoms with E-state index in [9.17, 15) is 0 Å². The van der Waals surface area contributed by atoms with Crippen molar-refractivity contribution in [2.75, 3.05) is 31.1 Å². The minimum atomic E-state index is 0.139. The van der Waals surface area contributed by atoms with E-state index in [1.165, 1.54) is 30.2 Å². The highest BCUT2D eigenvalue weighted by Gasteiger charge is 2.14. The van der Waals surface area contributed by atoms with E-state index < -0.39 is 0 Å². The Kier molecular flexibility index (Phi) is 5.35. The van der Waals surface area contributed by atoms with Crippen molar-refractivity contribution >= 4 is 27.7 Å². The highest BCUT2D eigenvalue weighted by molar-refractivity contribution is 9.10. The second-order valence-electron chi connectivity index (χ2n) is 4.37. The monoisotopic (exact) mass is 314 g/mol. The third-order valence-electron chi connectivity index (χ3n) is 3.16. The molecule has 1 aromatic carbocycles. The van der Waals surface area contributed by atoms with Gasteiger partial charge < -0.3 is 10.6 Å². The summed E-state index contributed by atoms with van der Waals surface area (Å²) in [4.78, 5) is 2.52. The Morgan fingerprint density at radius 1 is 1.29 bits per heavy atom. The molecule has 0 amide bonds. The third kappa shape index (κ3) is 3.98. The molecule has 17 heavy (non-hydrogen) atoms. The van der Waals surface area contributed by atoms with E-state index in [0.717, 1.165) is 17.4 Å². The molecule has 1 unspecified atom stereocenters. The summed E-state index contributed by atoms with van der Waals surface area (Å²) < 4.78 is 1.13. The summed E-state index contributed by atoms with van der Waals surface area (Å²) >= 11 is 5.62. The van der Waals surface area contributed by atoms with Gasteiger partial charge in [0.1, 0.15) is 0 Å². The maximum atomic E-state index is 6.25. The summed E-state index contributed by atoms with van der Waals surface area (Å²) in [5.74, 6) is 2.54. The smallest absolute Gasteiger partial charge is 0.0318 e. The molecule has 2 nitrogen and oxygen atoms in total. The highest BCUT2D eigenvalue weighted by atomic mass is 79.9. The van der Waals surface area contributed by atoms with Crippen LogP contribution < -0.4 is 5.73 Å².